The van der Waals surface area contributed by atoms with E-state index in [2.05, 4.69) is 22.2 Å². The molecule has 1 rings (SSSR count). The smallest absolute Gasteiger partial charge is 0.352 e. The van der Waals surface area contributed by atoms with Crippen molar-refractivity contribution in [2.75, 3.05) is 0 Å². The Balaban J connectivity index is 3.35. The SMILES string of the molecule is Cc1cnc(=S)[nH]c1C(=O)O. The van der Waals surface area contributed by atoms with E-state index in [0.29, 0.717) is 5.56 Å². The van der Waals surface area contributed by atoms with Gasteiger partial charge in [-0.3, -0.25) is 0 Å². The zero-order valence-electron chi connectivity index (χ0n) is 5.79. The first kappa shape index (κ1) is 7.87. The summed E-state index contributed by atoms with van der Waals surface area (Å²) in [4.78, 5) is 16.7. The normalized spacial score (nSPS) is 9.55. The summed E-state index contributed by atoms with van der Waals surface area (Å²) in [7, 11) is 0. The second-order valence-electron chi connectivity index (χ2n) is 2.05. The van der Waals surface area contributed by atoms with E-state index in [9.17, 15) is 4.79 Å². The lowest BCUT2D eigenvalue weighted by molar-refractivity contribution is 0.0689. The number of aromatic carboxylic acids is 1. The zero-order valence-corrected chi connectivity index (χ0v) is 6.60. The molecule has 0 fully saturated rings. The quantitative estimate of drug-likeness (QED) is 0.620. The van der Waals surface area contributed by atoms with E-state index in [4.69, 9.17) is 5.11 Å². The fourth-order valence-electron chi connectivity index (χ4n) is 0.680. The van der Waals surface area contributed by atoms with Crippen LogP contribution in [0.15, 0.2) is 6.20 Å². The molecular weight excluding hydrogens is 164 g/mol. The number of carboxylic acid groups (broad SMARTS) is 1. The predicted molar refractivity (Wildman–Crippen MR) is 41.1 cm³/mol. The van der Waals surface area contributed by atoms with E-state index < -0.39 is 5.97 Å². The fraction of sp³-hybridized carbons (Fsp3) is 0.167. The number of nitrogens with zero attached hydrogens (tertiary/aromatic N) is 1. The molecule has 0 atom stereocenters. The van der Waals surface area contributed by atoms with Crippen LogP contribution in [-0.2, 0) is 0 Å². The Morgan fingerprint density at radius 1 is 1.82 bits per heavy atom. The monoisotopic (exact) mass is 170 g/mol. The maximum atomic E-state index is 10.5. The Bertz CT molecular complexity index is 345. The number of carbonyl (C=O) groups is 1. The first-order valence-corrected chi connectivity index (χ1v) is 3.31. The molecule has 11 heavy (non-hydrogen) atoms. The highest BCUT2D eigenvalue weighted by Gasteiger charge is 2.05. The Hall–Kier alpha value is -1.23. The lowest BCUT2D eigenvalue weighted by Gasteiger charge is -1.97. The minimum Gasteiger partial charge on any atom is -0.477 e. The molecule has 0 amide bonds. The van der Waals surface area contributed by atoms with Gasteiger partial charge in [0.25, 0.3) is 0 Å². The van der Waals surface area contributed by atoms with E-state index in [-0.39, 0.29) is 10.5 Å². The van der Waals surface area contributed by atoms with E-state index in [1.807, 2.05) is 0 Å². The second kappa shape index (κ2) is 2.79. The summed E-state index contributed by atoms with van der Waals surface area (Å²) in [5.41, 5.74) is 0.677. The minimum absolute atomic E-state index is 0.102. The average molecular weight is 170 g/mol. The second-order valence-corrected chi connectivity index (χ2v) is 2.44. The van der Waals surface area contributed by atoms with Crippen molar-refractivity contribution in [2.24, 2.45) is 0 Å². The van der Waals surface area contributed by atoms with Gasteiger partial charge in [-0.2, -0.15) is 0 Å². The molecule has 0 aliphatic rings. The van der Waals surface area contributed by atoms with Crippen molar-refractivity contribution in [3.8, 4) is 0 Å². The minimum atomic E-state index is -1.02. The Kier molecular flexibility index (Phi) is 2.00. The van der Waals surface area contributed by atoms with Gasteiger partial charge < -0.3 is 10.1 Å². The van der Waals surface area contributed by atoms with Gasteiger partial charge in [0, 0.05) is 6.20 Å². The van der Waals surface area contributed by atoms with Gasteiger partial charge in [0.1, 0.15) is 5.69 Å². The number of aromatic nitrogens is 2. The number of nitrogens with one attached hydrogen (secondary N) is 1. The Morgan fingerprint density at radius 3 is 2.91 bits per heavy atom. The number of aromatic amines is 1. The highest BCUT2D eigenvalue weighted by atomic mass is 32.1. The van der Waals surface area contributed by atoms with Crippen LogP contribution >= 0.6 is 12.2 Å². The lowest BCUT2D eigenvalue weighted by atomic mass is 10.3. The summed E-state index contributed by atoms with van der Waals surface area (Å²) in [5.74, 6) is -1.02. The zero-order chi connectivity index (χ0) is 8.43. The van der Waals surface area contributed by atoms with E-state index in [0.717, 1.165) is 0 Å². The van der Waals surface area contributed by atoms with Gasteiger partial charge in [-0.1, -0.05) is 0 Å². The van der Waals surface area contributed by atoms with Crippen LogP contribution < -0.4 is 0 Å². The molecule has 2 N–H and O–H groups in total. The third kappa shape index (κ3) is 1.62. The van der Waals surface area contributed by atoms with Gasteiger partial charge in [0.15, 0.2) is 4.77 Å². The summed E-state index contributed by atoms with van der Waals surface area (Å²) in [6.07, 6.45) is 1.43. The van der Waals surface area contributed by atoms with Crippen molar-refractivity contribution in [1.29, 1.82) is 0 Å². The molecule has 1 heterocycles. The van der Waals surface area contributed by atoms with E-state index in [1.165, 1.54) is 6.20 Å². The molecule has 0 radical (unpaired) electrons. The maximum Gasteiger partial charge on any atom is 0.352 e. The van der Waals surface area contributed by atoms with Crippen molar-refractivity contribution >= 4 is 18.2 Å². The lowest BCUT2D eigenvalue weighted by Crippen LogP contribution is -2.04. The van der Waals surface area contributed by atoms with Gasteiger partial charge >= 0.3 is 5.97 Å². The third-order valence-electron chi connectivity index (χ3n) is 1.22. The van der Waals surface area contributed by atoms with E-state index >= 15 is 0 Å². The number of rotatable bonds is 1. The first-order valence-electron chi connectivity index (χ1n) is 2.90. The molecule has 0 unspecified atom stereocenters. The highest BCUT2D eigenvalue weighted by Crippen LogP contribution is 2.00. The maximum absolute atomic E-state index is 10.5. The Labute approximate surface area is 67.9 Å². The summed E-state index contributed by atoms with van der Waals surface area (Å²) in [6, 6.07) is 0. The van der Waals surface area contributed by atoms with Crippen LogP contribution in [0.4, 0.5) is 0 Å². The molecule has 0 aliphatic heterocycles. The van der Waals surface area contributed by atoms with Gasteiger partial charge in [-0.05, 0) is 24.7 Å². The van der Waals surface area contributed by atoms with Crippen LogP contribution in [0.5, 0.6) is 0 Å². The molecule has 1 aromatic rings. The molecule has 5 heteroatoms. The van der Waals surface area contributed by atoms with Crippen molar-refractivity contribution in [3.05, 3.63) is 22.2 Å². The van der Waals surface area contributed by atoms with Crippen molar-refractivity contribution in [1.82, 2.24) is 9.97 Å². The molecule has 0 aliphatic carbocycles. The molecule has 0 saturated heterocycles. The molecule has 58 valence electrons. The molecule has 0 aromatic carbocycles. The van der Waals surface area contributed by atoms with Crippen LogP contribution in [0.25, 0.3) is 0 Å². The van der Waals surface area contributed by atoms with Crippen LogP contribution in [-0.4, -0.2) is 21.0 Å². The number of hydrogen-bond donors (Lipinski definition) is 2. The number of aryl methyl sites for hydroxylation is 1. The van der Waals surface area contributed by atoms with Crippen molar-refractivity contribution < 1.29 is 9.90 Å². The van der Waals surface area contributed by atoms with Crippen LogP contribution in [0.1, 0.15) is 16.1 Å². The highest BCUT2D eigenvalue weighted by molar-refractivity contribution is 7.71. The number of H-pyrrole nitrogens is 1. The summed E-state index contributed by atoms with van der Waals surface area (Å²) < 4.78 is 0.188. The molecule has 0 saturated carbocycles. The van der Waals surface area contributed by atoms with Crippen molar-refractivity contribution in [2.45, 2.75) is 6.92 Å². The molecule has 4 nitrogen and oxygen atoms in total. The summed E-state index contributed by atoms with van der Waals surface area (Å²) in [6.45, 7) is 1.65. The first-order chi connectivity index (χ1) is 5.11. The number of hydrogen-bond acceptors (Lipinski definition) is 3. The predicted octanol–water partition coefficient (Wildman–Crippen LogP) is 1.15. The number of carboxylic acids is 1. The third-order valence-corrected chi connectivity index (χ3v) is 1.42. The van der Waals surface area contributed by atoms with Gasteiger partial charge in [-0.15, -0.1) is 0 Å². The van der Waals surface area contributed by atoms with Crippen LogP contribution in [0.2, 0.25) is 0 Å². The van der Waals surface area contributed by atoms with Gasteiger partial charge in [-0.25, -0.2) is 9.78 Å². The summed E-state index contributed by atoms with van der Waals surface area (Å²) >= 11 is 4.65. The standard InChI is InChI=1S/C6H6N2O2S/c1-3-2-7-6(11)8-4(3)5(9)10/h2H,1H3,(H,9,10)(H,7,8,11). The topological polar surface area (TPSA) is 66.0 Å². The van der Waals surface area contributed by atoms with Crippen LogP contribution in [0, 0.1) is 11.7 Å². The van der Waals surface area contributed by atoms with Crippen molar-refractivity contribution in [3.63, 3.8) is 0 Å². The van der Waals surface area contributed by atoms with Gasteiger partial charge in [0.2, 0.25) is 0 Å². The largest absolute Gasteiger partial charge is 0.477 e. The average Bonchev–Trinajstić information content (AvgIpc) is 1.94. The molecular formula is C6H6N2O2S. The molecule has 0 bridgehead atoms. The van der Waals surface area contributed by atoms with Gasteiger partial charge in [0.05, 0.1) is 0 Å². The molecule has 0 spiro atoms. The van der Waals surface area contributed by atoms with Crippen LogP contribution in [0.3, 0.4) is 0 Å². The summed E-state index contributed by atoms with van der Waals surface area (Å²) in [5, 5.41) is 8.58. The molecule has 1 aromatic heterocycles. The fourth-order valence-corrected chi connectivity index (χ4v) is 0.835. The van der Waals surface area contributed by atoms with E-state index in [1.54, 1.807) is 6.92 Å². The Morgan fingerprint density at radius 2 is 2.45 bits per heavy atom.